The van der Waals surface area contributed by atoms with Crippen molar-refractivity contribution in [2.75, 3.05) is 0 Å². The summed E-state index contributed by atoms with van der Waals surface area (Å²) in [6.45, 7) is 0.290. The van der Waals surface area contributed by atoms with Crippen LogP contribution in [0.3, 0.4) is 0 Å². The minimum Gasteiger partial charge on any atom is -0.508 e. The van der Waals surface area contributed by atoms with Crippen LogP contribution in [0.2, 0.25) is 0 Å². The zero-order chi connectivity index (χ0) is 11.4. The fourth-order valence-electron chi connectivity index (χ4n) is 1.41. The van der Waals surface area contributed by atoms with Crippen LogP contribution in [-0.4, -0.2) is 5.11 Å². The van der Waals surface area contributed by atoms with E-state index in [-0.39, 0.29) is 12.3 Å². The summed E-state index contributed by atoms with van der Waals surface area (Å²) in [6.07, 6.45) is 0. The maximum Gasteiger partial charge on any atom is 0.128 e. The predicted octanol–water partition coefficient (Wildman–Crippen LogP) is 2.64. The molecule has 0 atom stereocenters. The van der Waals surface area contributed by atoms with Crippen molar-refractivity contribution in [3.05, 3.63) is 54.1 Å². The standard InChI is InChI=1S/C13H13NO2/c14-9-10-8-12(6-7-13(10)15)16-11-4-2-1-3-5-11/h1-8,15H,9,14H2. The highest BCUT2D eigenvalue weighted by Gasteiger charge is 2.02. The van der Waals surface area contributed by atoms with Crippen LogP contribution < -0.4 is 10.5 Å². The predicted molar refractivity (Wildman–Crippen MR) is 62.5 cm³/mol. The van der Waals surface area contributed by atoms with Crippen molar-refractivity contribution in [1.82, 2.24) is 0 Å². The lowest BCUT2D eigenvalue weighted by Crippen LogP contribution is -1.97. The topological polar surface area (TPSA) is 55.5 Å². The fraction of sp³-hybridized carbons (Fsp3) is 0.0769. The van der Waals surface area contributed by atoms with Crippen LogP contribution in [0.1, 0.15) is 5.56 Å². The van der Waals surface area contributed by atoms with Gasteiger partial charge in [-0.2, -0.15) is 0 Å². The van der Waals surface area contributed by atoms with Crippen LogP contribution >= 0.6 is 0 Å². The van der Waals surface area contributed by atoms with Gasteiger partial charge in [-0.05, 0) is 30.3 Å². The van der Waals surface area contributed by atoms with Gasteiger partial charge in [0.2, 0.25) is 0 Å². The Hall–Kier alpha value is -2.00. The van der Waals surface area contributed by atoms with E-state index in [1.54, 1.807) is 18.2 Å². The summed E-state index contributed by atoms with van der Waals surface area (Å²) in [5.41, 5.74) is 6.17. The summed E-state index contributed by atoms with van der Waals surface area (Å²) in [6, 6.07) is 14.5. The van der Waals surface area contributed by atoms with Crippen LogP contribution in [-0.2, 0) is 6.54 Å². The van der Waals surface area contributed by atoms with Crippen molar-refractivity contribution in [3.8, 4) is 17.2 Å². The van der Waals surface area contributed by atoms with Crippen LogP contribution in [0.4, 0.5) is 0 Å². The molecule has 0 amide bonds. The summed E-state index contributed by atoms with van der Waals surface area (Å²) in [4.78, 5) is 0. The quantitative estimate of drug-likeness (QED) is 0.827. The first-order chi connectivity index (χ1) is 7.79. The van der Waals surface area contributed by atoms with E-state index in [2.05, 4.69) is 0 Å². The molecule has 2 aromatic carbocycles. The van der Waals surface area contributed by atoms with Crippen molar-refractivity contribution < 1.29 is 9.84 Å². The van der Waals surface area contributed by atoms with E-state index in [0.29, 0.717) is 11.3 Å². The Kier molecular flexibility index (Phi) is 3.08. The van der Waals surface area contributed by atoms with E-state index in [0.717, 1.165) is 5.75 Å². The van der Waals surface area contributed by atoms with E-state index in [1.165, 1.54) is 0 Å². The van der Waals surface area contributed by atoms with Gasteiger partial charge in [-0.25, -0.2) is 0 Å². The Labute approximate surface area is 94.1 Å². The first-order valence-electron chi connectivity index (χ1n) is 5.04. The number of para-hydroxylation sites is 1. The SMILES string of the molecule is NCc1cc(Oc2ccccc2)ccc1O. The third-order valence-corrected chi connectivity index (χ3v) is 2.25. The van der Waals surface area contributed by atoms with E-state index in [4.69, 9.17) is 10.5 Å². The fourth-order valence-corrected chi connectivity index (χ4v) is 1.41. The number of rotatable bonds is 3. The molecule has 0 bridgehead atoms. The number of phenols is 1. The number of ether oxygens (including phenoxy) is 1. The lowest BCUT2D eigenvalue weighted by atomic mass is 10.2. The molecule has 0 saturated carbocycles. The van der Waals surface area contributed by atoms with Crippen molar-refractivity contribution in [3.63, 3.8) is 0 Å². The van der Waals surface area contributed by atoms with E-state index in [1.807, 2.05) is 30.3 Å². The number of hydrogen-bond acceptors (Lipinski definition) is 3. The second-order valence-electron chi connectivity index (χ2n) is 3.41. The number of nitrogens with two attached hydrogens (primary N) is 1. The Bertz CT molecular complexity index is 469. The molecule has 2 aromatic rings. The summed E-state index contributed by atoms with van der Waals surface area (Å²) in [7, 11) is 0. The molecule has 0 heterocycles. The van der Waals surface area contributed by atoms with Crippen LogP contribution in [0.15, 0.2) is 48.5 Å². The number of aromatic hydroxyl groups is 1. The van der Waals surface area contributed by atoms with Gasteiger partial charge in [-0.3, -0.25) is 0 Å². The molecule has 0 fully saturated rings. The van der Waals surface area contributed by atoms with Gasteiger partial charge in [0.1, 0.15) is 17.2 Å². The molecule has 0 aliphatic carbocycles. The molecule has 0 radical (unpaired) electrons. The average molecular weight is 215 g/mol. The van der Waals surface area contributed by atoms with Gasteiger partial charge >= 0.3 is 0 Å². The normalized spacial score (nSPS) is 10.1. The molecule has 2 rings (SSSR count). The Balaban J connectivity index is 2.22. The van der Waals surface area contributed by atoms with E-state index in [9.17, 15) is 5.11 Å². The van der Waals surface area contributed by atoms with Crippen molar-refractivity contribution in [2.24, 2.45) is 5.73 Å². The minimum absolute atomic E-state index is 0.197. The largest absolute Gasteiger partial charge is 0.508 e. The zero-order valence-electron chi connectivity index (χ0n) is 8.76. The van der Waals surface area contributed by atoms with Gasteiger partial charge in [-0.1, -0.05) is 18.2 Å². The maximum absolute atomic E-state index is 9.47. The van der Waals surface area contributed by atoms with E-state index >= 15 is 0 Å². The first kappa shape index (κ1) is 10.5. The van der Waals surface area contributed by atoms with Gasteiger partial charge in [-0.15, -0.1) is 0 Å². The summed E-state index contributed by atoms with van der Waals surface area (Å²) in [5.74, 6) is 1.63. The first-order valence-corrected chi connectivity index (χ1v) is 5.04. The molecule has 0 saturated heterocycles. The number of hydrogen-bond donors (Lipinski definition) is 2. The van der Waals surface area contributed by atoms with Gasteiger partial charge in [0.25, 0.3) is 0 Å². The van der Waals surface area contributed by atoms with E-state index < -0.39 is 0 Å². The molecular formula is C13H13NO2. The highest BCUT2D eigenvalue weighted by Crippen LogP contribution is 2.26. The Morgan fingerprint density at radius 1 is 1.00 bits per heavy atom. The number of phenolic OH excluding ortho intramolecular Hbond substituents is 1. The van der Waals surface area contributed by atoms with Gasteiger partial charge in [0, 0.05) is 12.1 Å². The lowest BCUT2D eigenvalue weighted by molar-refractivity contribution is 0.458. The Morgan fingerprint density at radius 3 is 2.44 bits per heavy atom. The maximum atomic E-state index is 9.47. The molecular weight excluding hydrogens is 202 g/mol. The van der Waals surface area contributed by atoms with Gasteiger partial charge < -0.3 is 15.6 Å². The van der Waals surface area contributed by atoms with Crippen LogP contribution in [0.5, 0.6) is 17.2 Å². The smallest absolute Gasteiger partial charge is 0.128 e. The highest BCUT2D eigenvalue weighted by atomic mass is 16.5. The molecule has 3 N–H and O–H groups in total. The molecule has 0 aromatic heterocycles. The Morgan fingerprint density at radius 2 is 1.75 bits per heavy atom. The monoisotopic (exact) mass is 215 g/mol. The van der Waals surface area contributed by atoms with Crippen LogP contribution in [0.25, 0.3) is 0 Å². The minimum atomic E-state index is 0.197. The van der Waals surface area contributed by atoms with Crippen molar-refractivity contribution in [1.29, 1.82) is 0 Å². The van der Waals surface area contributed by atoms with Crippen molar-refractivity contribution in [2.45, 2.75) is 6.54 Å². The van der Waals surface area contributed by atoms with Crippen LogP contribution in [0, 0.1) is 0 Å². The third kappa shape index (κ3) is 2.32. The molecule has 0 unspecified atom stereocenters. The number of benzene rings is 2. The van der Waals surface area contributed by atoms with Crippen molar-refractivity contribution >= 4 is 0 Å². The highest BCUT2D eigenvalue weighted by molar-refractivity contribution is 5.41. The second kappa shape index (κ2) is 4.68. The zero-order valence-corrected chi connectivity index (χ0v) is 8.76. The summed E-state index contributed by atoms with van der Waals surface area (Å²) in [5, 5.41) is 9.47. The summed E-state index contributed by atoms with van der Waals surface area (Å²) >= 11 is 0. The molecule has 3 heteroatoms. The molecule has 0 aliphatic rings. The second-order valence-corrected chi connectivity index (χ2v) is 3.41. The van der Waals surface area contributed by atoms with Gasteiger partial charge in [0.15, 0.2) is 0 Å². The average Bonchev–Trinajstić information content (AvgIpc) is 2.33. The molecule has 3 nitrogen and oxygen atoms in total. The molecule has 16 heavy (non-hydrogen) atoms. The van der Waals surface area contributed by atoms with Gasteiger partial charge in [0.05, 0.1) is 0 Å². The molecule has 0 aliphatic heterocycles. The molecule has 0 spiro atoms. The summed E-state index contributed by atoms with van der Waals surface area (Å²) < 4.78 is 5.61. The third-order valence-electron chi connectivity index (χ3n) is 2.25. The lowest BCUT2D eigenvalue weighted by Gasteiger charge is -2.07. The molecule has 82 valence electrons.